The molecule has 0 unspecified atom stereocenters. The van der Waals surface area contributed by atoms with E-state index >= 15 is 0 Å². The van der Waals surface area contributed by atoms with Gasteiger partial charge < -0.3 is 9.31 Å². The number of alkyl halides is 3. The first-order chi connectivity index (χ1) is 12.4. The van der Waals surface area contributed by atoms with Gasteiger partial charge in [-0.25, -0.2) is 4.39 Å². The van der Waals surface area contributed by atoms with Crippen molar-refractivity contribution in [3.63, 3.8) is 0 Å². The van der Waals surface area contributed by atoms with E-state index in [0.717, 1.165) is 31.9 Å². The van der Waals surface area contributed by atoms with Gasteiger partial charge in [0, 0.05) is 18.3 Å². The highest BCUT2D eigenvalue weighted by Gasteiger charge is 2.55. The van der Waals surface area contributed by atoms with Crippen molar-refractivity contribution >= 4 is 12.7 Å². The van der Waals surface area contributed by atoms with Crippen molar-refractivity contribution < 1.29 is 26.9 Å². The molecule has 1 aromatic heterocycles. The van der Waals surface area contributed by atoms with Crippen LogP contribution in [0.2, 0.25) is 0 Å². The van der Waals surface area contributed by atoms with Crippen molar-refractivity contribution in [3.8, 4) is 0 Å². The molecular formula is C18H25BF4N2O2. The Bertz CT molecular complexity index is 705. The van der Waals surface area contributed by atoms with Gasteiger partial charge in [0.15, 0.2) is 0 Å². The minimum Gasteiger partial charge on any atom is -0.398 e. The van der Waals surface area contributed by atoms with E-state index in [1.807, 2.05) is 0 Å². The third kappa shape index (κ3) is 4.09. The number of allylic oxidation sites excluding steroid dienone is 1. The third-order valence-electron chi connectivity index (χ3n) is 5.82. The number of hydrogen-bond donors (Lipinski definition) is 0. The number of nitrogens with zero attached hydrogens (tertiary/aromatic N) is 2. The maximum absolute atomic E-state index is 14.9. The molecule has 0 N–H and O–H groups in total. The zero-order valence-electron chi connectivity index (χ0n) is 16.1. The average Bonchev–Trinajstić information content (AvgIpc) is 3.21. The van der Waals surface area contributed by atoms with Crippen LogP contribution in [0.1, 0.15) is 58.9 Å². The van der Waals surface area contributed by atoms with Gasteiger partial charge in [-0.15, -0.1) is 0 Å². The quantitative estimate of drug-likeness (QED) is 0.541. The Morgan fingerprint density at radius 1 is 1.19 bits per heavy atom. The Kier molecular flexibility index (Phi) is 5.22. The van der Waals surface area contributed by atoms with Gasteiger partial charge in [-0.2, -0.15) is 18.3 Å². The standard InChI is InChI=1S/C18H25BF4N2O2/c1-16(2)17(3,4)27-19(26-16)15(20)14(18(21,22)23)13-9-24-25(11-13)10-12-7-5-6-8-12/h9,11-12H,5-8,10H2,1-4H3. The fourth-order valence-corrected chi connectivity index (χ4v) is 3.55. The predicted octanol–water partition coefficient (Wildman–Crippen LogP) is 4.95. The molecule has 4 nitrogen and oxygen atoms in total. The largest absolute Gasteiger partial charge is 0.525 e. The maximum atomic E-state index is 14.9. The number of rotatable bonds is 4. The summed E-state index contributed by atoms with van der Waals surface area (Å²) in [6.45, 7) is 7.18. The van der Waals surface area contributed by atoms with E-state index in [-0.39, 0.29) is 5.56 Å². The monoisotopic (exact) mass is 388 g/mol. The minimum atomic E-state index is -4.89. The van der Waals surface area contributed by atoms with Gasteiger partial charge in [-0.05, 0) is 46.5 Å². The molecule has 0 aromatic carbocycles. The molecule has 9 heteroatoms. The second kappa shape index (κ2) is 6.92. The summed E-state index contributed by atoms with van der Waals surface area (Å²) in [7, 11) is -1.70. The lowest BCUT2D eigenvalue weighted by atomic mass is 9.83. The first-order valence-corrected chi connectivity index (χ1v) is 9.26. The first-order valence-electron chi connectivity index (χ1n) is 9.26. The molecule has 0 spiro atoms. The molecule has 2 heterocycles. The van der Waals surface area contributed by atoms with E-state index < -0.39 is 35.8 Å². The summed E-state index contributed by atoms with van der Waals surface area (Å²) in [6.07, 6.45) is 1.76. The van der Waals surface area contributed by atoms with Gasteiger partial charge in [0.25, 0.3) is 0 Å². The fraction of sp³-hybridized carbons (Fsp3) is 0.722. The summed E-state index contributed by atoms with van der Waals surface area (Å²) in [6, 6.07) is 0. The topological polar surface area (TPSA) is 36.3 Å². The van der Waals surface area contributed by atoms with Crippen LogP contribution < -0.4 is 0 Å². The van der Waals surface area contributed by atoms with Crippen molar-refractivity contribution in [1.82, 2.24) is 9.78 Å². The van der Waals surface area contributed by atoms with E-state index in [2.05, 4.69) is 5.10 Å². The van der Waals surface area contributed by atoms with Gasteiger partial charge >= 0.3 is 13.3 Å². The average molecular weight is 388 g/mol. The van der Waals surface area contributed by atoms with Crippen molar-refractivity contribution in [3.05, 3.63) is 23.7 Å². The molecule has 1 aromatic rings. The molecule has 1 aliphatic carbocycles. The van der Waals surface area contributed by atoms with Crippen LogP contribution in [-0.2, 0) is 15.9 Å². The summed E-state index contributed by atoms with van der Waals surface area (Å²) < 4.78 is 68.3. The van der Waals surface area contributed by atoms with Crippen molar-refractivity contribution in [2.75, 3.05) is 0 Å². The molecule has 150 valence electrons. The van der Waals surface area contributed by atoms with Crippen LogP contribution in [0.25, 0.3) is 5.57 Å². The Balaban J connectivity index is 1.90. The molecule has 0 bridgehead atoms. The van der Waals surface area contributed by atoms with E-state index in [9.17, 15) is 17.6 Å². The Hall–Kier alpha value is -1.35. The van der Waals surface area contributed by atoms with Crippen LogP contribution in [-0.4, -0.2) is 34.3 Å². The zero-order chi connectivity index (χ0) is 20.0. The van der Waals surface area contributed by atoms with E-state index in [0.29, 0.717) is 12.5 Å². The lowest BCUT2D eigenvalue weighted by Gasteiger charge is -2.32. The SMILES string of the molecule is CC1(C)OB(C(F)=C(c2cnn(CC3CCCC3)c2)C(F)(F)F)OC1(C)C. The number of aromatic nitrogens is 2. The van der Waals surface area contributed by atoms with E-state index in [4.69, 9.17) is 9.31 Å². The molecule has 0 radical (unpaired) electrons. The van der Waals surface area contributed by atoms with Crippen LogP contribution in [0.15, 0.2) is 18.1 Å². The highest BCUT2D eigenvalue weighted by atomic mass is 19.4. The van der Waals surface area contributed by atoms with Gasteiger partial charge in [0.05, 0.1) is 23.0 Å². The number of halogens is 4. The molecule has 1 saturated heterocycles. The second-order valence-electron chi connectivity index (χ2n) is 8.41. The summed E-state index contributed by atoms with van der Waals surface area (Å²) in [5.74, 6) is 0.406. The van der Waals surface area contributed by atoms with Crippen LogP contribution >= 0.6 is 0 Å². The van der Waals surface area contributed by atoms with Gasteiger partial charge in [0.1, 0.15) is 5.73 Å². The summed E-state index contributed by atoms with van der Waals surface area (Å²) in [4.78, 5) is 0. The molecule has 1 aliphatic heterocycles. The van der Waals surface area contributed by atoms with Gasteiger partial charge in [-0.1, -0.05) is 12.8 Å². The van der Waals surface area contributed by atoms with Crippen molar-refractivity contribution in [2.24, 2.45) is 5.92 Å². The van der Waals surface area contributed by atoms with Crippen LogP contribution in [0, 0.1) is 5.92 Å². The highest BCUT2D eigenvalue weighted by molar-refractivity contribution is 6.55. The Morgan fingerprint density at radius 3 is 2.26 bits per heavy atom. The van der Waals surface area contributed by atoms with Crippen LogP contribution in [0.4, 0.5) is 17.6 Å². The lowest BCUT2D eigenvalue weighted by Crippen LogP contribution is -2.41. The molecule has 2 fully saturated rings. The molecule has 0 atom stereocenters. The predicted molar refractivity (Wildman–Crippen MR) is 94.4 cm³/mol. The summed E-state index contributed by atoms with van der Waals surface area (Å²) in [5, 5.41) is 4.01. The maximum Gasteiger partial charge on any atom is 0.525 e. The zero-order valence-corrected chi connectivity index (χ0v) is 16.1. The molecule has 2 aliphatic rings. The summed E-state index contributed by atoms with van der Waals surface area (Å²) >= 11 is 0. The van der Waals surface area contributed by atoms with Crippen LogP contribution in [0.5, 0.6) is 0 Å². The van der Waals surface area contributed by atoms with Crippen molar-refractivity contribution in [2.45, 2.75) is 77.3 Å². The first kappa shape index (κ1) is 20.4. The minimum absolute atomic E-state index is 0.312. The molecule has 3 rings (SSSR count). The lowest BCUT2D eigenvalue weighted by molar-refractivity contribution is -0.0699. The molecule has 0 amide bonds. The van der Waals surface area contributed by atoms with E-state index in [1.165, 1.54) is 10.9 Å². The van der Waals surface area contributed by atoms with Gasteiger partial charge in [-0.3, -0.25) is 4.68 Å². The van der Waals surface area contributed by atoms with Crippen LogP contribution in [0.3, 0.4) is 0 Å². The third-order valence-corrected chi connectivity index (χ3v) is 5.82. The van der Waals surface area contributed by atoms with E-state index in [1.54, 1.807) is 27.7 Å². The molecule has 27 heavy (non-hydrogen) atoms. The Morgan fingerprint density at radius 2 is 1.74 bits per heavy atom. The van der Waals surface area contributed by atoms with Crippen molar-refractivity contribution in [1.29, 1.82) is 0 Å². The summed E-state index contributed by atoms with van der Waals surface area (Å²) in [5.41, 5.74) is -5.04. The Labute approximate surface area is 157 Å². The second-order valence-corrected chi connectivity index (χ2v) is 8.41. The number of hydrogen-bond acceptors (Lipinski definition) is 3. The van der Waals surface area contributed by atoms with Gasteiger partial charge in [0.2, 0.25) is 0 Å². The molecule has 1 saturated carbocycles. The fourth-order valence-electron chi connectivity index (χ4n) is 3.55. The molecular weight excluding hydrogens is 363 g/mol. The normalized spacial score (nSPS) is 23.8. The highest BCUT2D eigenvalue weighted by Crippen LogP contribution is 2.43. The smallest absolute Gasteiger partial charge is 0.398 e.